The number of hydrogen-bond acceptors (Lipinski definition) is 16. The number of hydrogen-bond donors (Lipinski definition) is 4. The highest BCUT2D eigenvalue weighted by molar-refractivity contribution is 5.74. The summed E-state index contributed by atoms with van der Waals surface area (Å²) < 4.78 is 0. The van der Waals surface area contributed by atoms with Crippen LogP contribution in [0.4, 0.5) is 34.1 Å². The highest BCUT2D eigenvalue weighted by Gasteiger charge is 2.38. The summed E-state index contributed by atoms with van der Waals surface area (Å²) in [6.07, 6.45) is 0. The van der Waals surface area contributed by atoms with Gasteiger partial charge in [-0.25, -0.2) is 0 Å². The van der Waals surface area contributed by atoms with Gasteiger partial charge in [0.15, 0.2) is 0 Å². The number of rotatable bonds is 6. The van der Waals surface area contributed by atoms with Crippen LogP contribution >= 0.6 is 0 Å². The minimum atomic E-state index is -1.48. The minimum absolute atomic E-state index is 0.234. The first-order chi connectivity index (χ1) is 15.5. The van der Waals surface area contributed by atoms with E-state index in [-0.39, 0.29) is 12.1 Å². The van der Waals surface area contributed by atoms with Crippen LogP contribution in [0.2, 0.25) is 0 Å². The zero-order valence-electron chi connectivity index (χ0n) is 15.5. The lowest BCUT2D eigenvalue weighted by atomic mass is 10.2. The van der Waals surface area contributed by atoms with Crippen LogP contribution < -0.4 is 0 Å². The van der Waals surface area contributed by atoms with E-state index in [0.29, 0.717) is 0 Å². The molecule has 0 saturated heterocycles. The van der Waals surface area contributed by atoms with E-state index in [1.54, 1.807) is 0 Å². The molecular formula is C12H6N6O16. The molecule has 4 N–H and O–H groups in total. The van der Waals surface area contributed by atoms with E-state index in [4.69, 9.17) is 20.4 Å². The van der Waals surface area contributed by atoms with Gasteiger partial charge in [0.05, 0.1) is 29.5 Å². The van der Waals surface area contributed by atoms with E-state index in [9.17, 15) is 60.7 Å². The Bertz CT molecular complexity index is 1100. The van der Waals surface area contributed by atoms with Gasteiger partial charge in [-0.05, 0) is 0 Å². The minimum Gasteiger partial charge on any atom is -0.497 e. The van der Waals surface area contributed by atoms with Crippen LogP contribution in [0.1, 0.15) is 0 Å². The van der Waals surface area contributed by atoms with Gasteiger partial charge in [-0.15, -0.1) is 0 Å². The van der Waals surface area contributed by atoms with Crippen molar-refractivity contribution in [3.8, 4) is 23.0 Å². The average Bonchev–Trinajstić information content (AvgIpc) is 2.66. The summed E-state index contributed by atoms with van der Waals surface area (Å²) in [5, 5.41) is 99.1. The lowest BCUT2D eigenvalue weighted by Crippen LogP contribution is -1.98. The molecule has 0 unspecified atom stereocenters. The SMILES string of the molecule is O=[N+]([O-])c1cc([N+](=O)[O-])c(O)c([N+](=O)[O-])c1O.O=[N+]([O-])c1cc([N+](=O)[O-])c(O)c([N+](=O)[O-])c1O. The summed E-state index contributed by atoms with van der Waals surface area (Å²) in [5.74, 6) is -5.77. The maximum Gasteiger partial charge on any atom is 0.366 e. The molecule has 0 aromatic heterocycles. The van der Waals surface area contributed by atoms with Gasteiger partial charge in [0.2, 0.25) is 0 Å². The number of nitro benzene ring substituents is 6. The van der Waals surface area contributed by atoms with Gasteiger partial charge in [0, 0.05) is 0 Å². The number of aromatic hydroxyl groups is 4. The lowest BCUT2D eigenvalue weighted by molar-refractivity contribution is -0.406. The zero-order valence-corrected chi connectivity index (χ0v) is 15.5. The van der Waals surface area contributed by atoms with Gasteiger partial charge in [0.25, 0.3) is 23.0 Å². The molecule has 2 aromatic rings. The molecule has 0 saturated carbocycles. The van der Waals surface area contributed by atoms with Gasteiger partial charge in [-0.1, -0.05) is 0 Å². The van der Waals surface area contributed by atoms with Crippen LogP contribution in [0.25, 0.3) is 0 Å². The van der Waals surface area contributed by atoms with E-state index in [1.165, 1.54) is 0 Å². The predicted molar refractivity (Wildman–Crippen MR) is 99.5 cm³/mol. The van der Waals surface area contributed by atoms with Crippen molar-refractivity contribution in [2.24, 2.45) is 0 Å². The van der Waals surface area contributed by atoms with Crippen LogP contribution in [0.5, 0.6) is 23.0 Å². The van der Waals surface area contributed by atoms with Crippen molar-refractivity contribution in [1.82, 2.24) is 0 Å². The smallest absolute Gasteiger partial charge is 0.366 e. The number of nitro groups is 6. The van der Waals surface area contributed by atoms with Crippen molar-refractivity contribution < 1.29 is 50.0 Å². The Morgan fingerprint density at radius 1 is 0.412 bits per heavy atom. The molecule has 22 nitrogen and oxygen atoms in total. The highest BCUT2D eigenvalue weighted by Crippen LogP contribution is 2.48. The molecule has 34 heavy (non-hydrogen) atoms. The molecule has 0 aliphatic heterocycles. The average molecular weight is 490 g/mol. The van der Waals surface area contributed by atoms with Gasteiger partial charge in [-0.3, -0.25) is 60.7 Å². The fourth-order valence-electron chi connectivity index (χ4n) is 2.14. The summed E-state index contributed by atoms with van der Waals surface area (Å²) in [5.41, 5.74) is -7.90. The first kappa shape index (κ1) is 26.1. The molecule has 0 aliphatic carbocycles. The molecule has 0 radical (unpaired) electrons. The molecule has 2 aromatic carbocycles. The summed E-state index contributed by atoms with van der Waals surface area (Å²) in [6.45, 7) is 0. The largest absolute Gasteiger partial charge is 0.497 e. The standard InChI is InChI=1S/2C6H3N3O8/c2*10-5-2(7(12)13)1-3(8(14)15)6(11)4(5)9(16)17/h2*1,10-11H. The monoisotopic (exact) mass is 490 g/mol. The summed E-state index contributed by atoms with van der Waals surface area (Å²) in [6, 6.07) is 0.468. The van der Waals surface area contributed by atoms with Gasteiger partial charge in [-0.2, -0.15) is 0 Å². The van der Waals surface area contributed by atoms with E-state index in [1.807, 2.05) is 0 Å². The Labute approximate surface area is 181 Å². The fraction of sp³-hybridized carbons (Fsp3) is 0. The fourth-order valence-corrected chi connectivity index (χ4v) is 2.14. The first-order valence-electron chi connectivity index (χ1n) is 7.58. The molecule has 180 valence electrons. The number of phenolic OH excluding ortho intramolecular Hbond substituents is 4. The summed E-state index contributed by atoms with van der Waals surface area (Å²) in [7, 11) is 0. The van der Waals surface area contributed by atoms with E-state index in [2.05, 4.69) is 0 Å². The Morgan fingerprint density at radius 2 is 0.588 bits per heavy atom. The molecule has 0 fully saturated rings. The second-order valence-corrected chi connectivity index (χ2v) is 5.46. The van der Waals surface area contributed by atoms with Crippen LogP contribution in [0.3, 0.4) is 0 Å². The highest BCUT2D eigenvalue weighted by atomic mass is 16.7. The molecule has 0 aliphatic rings. The lowest BCUT2D eigenvalue weighted by Gasteiger charge is -2.00. The quantitative estimate of drug-likeness (QED) is 0.330. The third kappa shape index (κ3) is 4.85. The van der Waals surface area contributed by atoms with Gasteiger partial charge < -0.3 is 20.4 Å². The first-order valence-corrected chi connectivity index (χ1v) is 7.58. The predicted octanol–water partition coefficient (Wildman–Crippen LogP) is 1.64. The van der Waals surface area contributed by atoms with Crippen molar-refractivity contribution in [3.63, 3.8) is 0 Å². The van der Waals surface area contributed by atoms with Crippen molar-refractivity contribution in [2.45, 2.75) is 0 Å². The zero-order chi connectivity index (χ0) is 26.7. The molecule has 2 rings (SSSR count). The maximum atomic E-state index is 10.4. The molecule has 0 heterocycles. The van der Waals surface area contributed by atoms with E-state index >= 15 is 0 Å². The van der Waals surface area contributed by atoms with Crippen molar-refractivity contribution in [2.75, 3.05) is 0 Å². The third-order valence-electron chi connectivity index (χ3n) is 3.57. The number of benzene rings is 2. The Balaban J connectivity index is 0.000000340. The van der Waals surface area contributed by atoms with E-state index in [0.717, 1.165) is 0 Å². The second-order valence-electron chi connectivity index (χ2n) is 5.46. The summed E-state index contributed by atoms with van der Waals surface area (Å²) >= 11 is 0. The maximum absolute atomic E-state index is 10.4. The Kier molecular flexibility index (Phi) is 7.25. The Morgan fingerprint density at radius 3 is 0.706 bits per heavy atom. The number of nitrogens with zero attached hydrogens (tertiary/aromatic N) is 6. The summed E-state index contributed by atoms with van der Waals surface area (Å²) in [4.78, 5) is 54.8. The van der Waals surface area contributed by atoms with Gasteiger partial charge >= 0.3 is 34.1 Å². The molecule has 0 atom stereocenters. The molecule has 22 heteroatoms. The van der Waals surface area contributed by atoms with Crippen molar-refractivity contribution in [1.29, 1.82) is 0 Å². The second kappa shape index (κ2) is 9.45. The van der Waals surface area contributed by atoms with Crippen LogP contribution in [-0.4, -0.2) is 50.0 Å². The normalized spacial score (nSPS) is 9.88. The third-order valence-corrected chi connectivity index (χ3v) is 3.57. The molecular weight excluding hydrogens is 484 g/mol. The molecule has 0 bridgehead atoms. The van der Waals surface area contributed by atoms with Crippen molar-refractivity contribution >= 4 is 34.1 Å². The van der Waals surface area contributed by atoms with Crippen LogP contribution in [0, 0.1) is 60.7 Å². The van der Waals surface area contributed by atoms with Crippen LogP contribution in [0.15, 0.2) is 12.1 Å². The van der Waals surface area contributed by atoms with Gasteiger partial charge in [0.1, 0.15) is 12.1 Å². The van der Waals surface area contributed by atoms with E-state index < -0.39 is 86.7 Å². The topological polar surface area (TPSA) is 340 Å². The number of phenols is 4. The van der Waals surface area contributed by atoms with Crippen LogP contribution in [-0.2, 0) is 0 Å². The van der Waals surface area contributed by atoms with Crippen molar-refractivity contribution in [3.05, 3.63) is 72.8 Å². The molecule has 0 spiro atoms. The molecule has 0 amide bonds. The Hall–Kier alpha value is -5.96.